The molecule has 0 heterocycles. The lowest BCUT2D eigenvalue weighted by molar-refractivity contribution is -0.140. The van der Waals surface area contributed by atoms with Crippen molar-refractivity contribution in [3.63, 3.8) is 0 Å². The molecular weight excluding hydrogens is 316 g/mol. The van der Waals surface area contributed by atoms with Crippen molar-refractivity contribution in [1.82, 2.24) is 5.32 Å². The second kappa shape index (κ2) is 12.9. The fraction of sp³-hybridized carbons (Fsp3) is 0.529. The lowest BCUT2D eigenvalue weighted by atomic mass is 10.1. The molecule has 0 aromatic heterocycles. The standard InChI is InChI=1S/C17H26N2O3.ClH/c1-22-16(20)11-7-2-3-8-12-19-17(21)15(18)13-14-9-5-4-6-10-14;/h4-6,9-10,15H,2-3,7-8,11-13,18H2,1H3,(H,19,21);1H/t15-;/m0./s1. The average molecular weight is 343 g/mol. The number of unbranched alkanes of at least 4 members (excludes halogenated alkanes) is 3. The van der Waals surface area contributed by atoms with Crippen LogP contribution in [0.4, 0.5) is 0 Å². The van der Waals surface area contributed by atoms with E-state index in [0.717, 1.165) is 31.2 Å². The van der Waals surface area contributed by atoms with Gasteiger partial charge in [-0.05, 0) is 24.8 Å². The number of hydrogen-bond acceptors (Lipinski definition) is 4. The van der Waals surface area contributed by atoms with Crippen LogP contribution in [0.1, 0.15) is 37.7 Å². The molecule has 1 aromatic rings. The van der Waals surface area contributed by atoms with Gasteiger partial charge in [0.2, 0.25) is 5.91 Å². The number of carbonyl (C=O) groups excluding carboxylic acids is 2. The van der Waals surface area contributed by atoms with E-state index in [1.165, 1.54) is 7.11 Å². The van der Waals surface area contributed by atoms with Gasteiger partial charge >= 0.3 is 5.97 Å². The van der Waals surface area contributed by atoms with Crippen molar-refractivity contribution in [1.29, 1.82) is 0 Å². The summed E-state index contributed by atoms with van der Waals surface area (Å²) in [5, 5.41) is 2.86. The summed E-state index contributed by atoms with van der Waals surface area (Å²) in [5.74, 6) is -0.279. The Balaban J connectivity index is 0.00000484. The quantitative estimate of drug-likeness (QED) is 0.504. The van der Waals surface area contributed by atoms with Crippen LogP contribution in [0.15, 0.2) is 30.3 Å². The first-order valence-electron chi connectivity index (χ1n) is 7.77. The molecule has 0 aliphatic rings. The van der Waals surface area contributed by atoms with E-state index >= 15 is 0 Å². The van der Waals surface area contributed by atoms with E-state index in [9.17, 15) is 9.59 Å². The van der Waals surface area contributed by atoms with Gasteiger partial charge in [-0.15, -0.1) is 12.4 Å². The molecule has 0 saturated carbocycles. The Bertz CT molecular complexity index is 454. The van der Waals surface area contributed by atoms with Crippen molar-refractivity contribution in [3.8, 4) is 0 Å². The molecular formula is C17H27ClN2O3. The van der Waals surface area contributed by atoms with Crippen LogP contribution in [0.3, 0.4) is 0 Å². The van der Waals surface area contributed by atoms with Gasteiger partial charge in [0.15, 0.2) is 0 Å². The first-order chi connectivity index (χ1) is 10.6. The molecule has 0 radical (unpaired) electrons. The Morgan fingerprint density at radius 2 is 1.78 bits per heavy atom. The third kappa shape index (κ3) is 9.92. The van der Waals surface area contributed by atoms with Gasteiger partial charge in [0.1, 0.15) is 0 Å². The number of nitrogens with one attached hydrogen (secondary N) is 1. The predicted molar refractivity (Wildman–Crippen MR) is 93.5 cm³/mol. The molecule has 0 aliphatic carbocycles. The number of rotatable bonds is 10. The van der Waals surface area contributed by atoms with Crippen LogP contribution >= 0.6 is 12.4 Å². The SMILES string of the molecule is COC(=O)CCCCCCNC(=O)[C@@H](N)Cc1ccccc1.Cl. The summed E-state index contributed by atoms with van der Waals surface area (Å²) < 4.78 is 4.57. The average Bonchev–Trinajstić information content (AvgIpc) is 2.54. The summed E-state index contributed by atoms with van der Waals surface area (Å²) in [7, 11) is 1.40. The van der Waals surface area contributed by atoms with Crippen LogP contribution in [0.2, 0.25) is 0 Å². The van der Waals surface area contributed by atoms with Crippen molar-refractivity contribution >= 4 is 24.3 Å². The highest BCUT2D eigenvalue weighted by Crippen LogP contribution is 2.04. The van der Waals surface area contributed by atoms with Gasteiger partial charge in [0, 0.05) is 13.0 Å². The molecule has 0 aliphatic heterocycles. The highest BCUT2D eigenvalue weighted by atomic mass is 35.5. The van der Waals surface area contributed by atoms with Gasteiger partial charge in [-0.2, -0.15) is 0 Å². The fourth-order valence-corrected chi connectivity index (χ4v) is 2.15. The number of esters is 1. The van der Waals surface area contributed by atoms with E-state index < -0.39 is 6.04 Å². The van der Waals surface area contributed by atoms with Crippen LogP contribution in [0.25, 0.3) is 0 Å². The molecule has 1 rings (SSSR count). The van der Waals surface area contributed by atoms with Crippen LogP contribution in [-0.4, -0.2) is 31.6 Å². The molecule has 5 nitrogen and oxygen atoms in total. The normalized spacial score (nSPS) is 11.2. The van der Waals surface area contributed by atoms with E-state index in [1.54, 1.807) is 0 Å². The van der Waals surface area contributed by atoms with Gasteiger partial charge in [-0.3, -0.25) is 9.59 Å². The smallest absolute Gasteiger partial charge is 0.305 e. The van der Waals surface area contributed by atoms with Crippen LogP contribution in [0.5, 0.6) is 0 Å². The van der Waals surface area contributed by atoms with Gasteiger partial charge in [0.25, 0.3) is 0 Å². The second-order valence-electron chi connectivity index (χ2n) is 5.33. The number of hydrogen-bond donors (Lipinski definition) is 2. The van der Waals surface area contributed by atoms with E-state index in [-0.39, 0.29) is 24.3 Å². The first-order valence-corrected chi connectivity index (χ1v) is 7.77. The minimum absolute atomic E-state index is 0. The molecule has 3 N–H and O–H groups in total. The summed E-state index contributed by atoms with van der Waals surface area (Å²) in [6.45, 7) is 0.625. The number of methoxy groups -OCH3 is 1. The van der Waals surface area contributed by atoms with Crippen molar-refractivity contribution in [3.05, 3.63) is 35.9 Å². The summed E-state index contributed by atoms with van der Waals surface area (Å²) >= 11 is 0. The number of carbonyl (C=O) groups is 2. The molecule has 1 amide bonds. The minimum Gasteiger partial charge on any atom is -0.469 e. The van der Waals surface area contributed by atoms with Crippen LogP contribution < -0.4 is 11.1 Å². The number of halogens is 1. The van der Waals surface area contributed by atoms with Crippen molar-refractivity contribution in [2.24, 2.45) is 5.73 Å². The Hall–Kier alpha value is -1.59. The Morgan fingerprint density at radius 1 is 1.13 bits per heavy atom. The molecule has 1 aromatic carbocycles. The molecule has 0 saturated heterocycles. The van der Waals surface area contributed by atoms with Crippen LogP contribution in [0, 0.1) is 0 Å². The maximum Gasteiger partial charge on any atom is 0.305 e. The Morgan fingerprint density at radius 3 is 2.43 bits per heavy atom. The summed E-state index contributed by atoms with van der Waals surface area (Å²) in [5.41, 5.74) is 6.96. The Labute approximate surface area is 144 Å². The summed E-state index contributed by atoms with van der Waals surface area (Å²) in [6.07, 6.45) is 4.67. The lowest BCUT2D eigenvalue weighted by Gasteiger charge is -2.12. The zero-order valence-electron chi connectivity index (χ0n) is 13.6. The van der Waals surface area contributed by atoms with Gasteiger partial charge in [-0.25, -0.2) is 0 Å². The number of ether oxygens (including phenoxy) is 1. The second-order valence-corrected chi connectivity index (χ2v) is 5.33. The van der Waals surface area contributed by atoms with Gasteiger partial charge < -0.3 is 15.8 Å². The summed E-state index contributed by atoms with van der Waals surface area (Å²) in [6, 6.07) is 9.24. The van der Waals surface area contributed by atoms with Crippen LogP contribution in [-0.2, 0) is 20.7 Å². The monoisotopic (exact) mass is 342 g/mol. The largest absolute Gasteiger partial charge is 0.469 e. The highest BCUT2D eigenvalue weighted by molar-refractivity contribution is 5.85. The van der Waals surface area contributed by atoms with Crippen molar-refractivity contribution < 1.29 is 14.3 Å². The molecule has 0 unspecified atom stereocenters. The zero-order chi connectivity index (χ0) is 16.2. The fourth-order valence-electron chi connectivity index (χ4n) is 2.15. The highest BCUT2D eigenvalue weighted by Gasteiger charge is 2.13. The zero-order valence-corrected chi connectivity index (χ0v) is 14.4. The van der Waals surface area contributed by atoms with Gasteiger partial charge in [0.05, 0.1) is 13.2 Å². The van der Waals surface area contributed by atoms with E-state index in [2.05, 4.69) is 10.1 Å². The number of benzene rings is 1. The molecule has 130 valence electrons. The first kappa shape index (κ1) is 21.4. The molecule has 0 fully saturated rings. The molecule has 23 heavy (non-hydrogen) atoms. The number of amides is 1. The van der Waals surface area contributed by atoms with Crippen molar-refractivity contribution in [2.75, 3.05) is 13.7 Å². The molecule has 0 bridgehead atoms. The third-order valence-electron chi connectivity index (χ3n) is 3.47. The maximum atomic E-state index is 11.9. The molecule has 6 heteroatoms. The topological polar surface area (TPSA) is 81.4 Å². The predicted octanol–water partition coefficient (Wildman–Crippen LogP) is 2.22. The van der Waals surface area contributed by atoms with Crippen molar-refractivity contribution in [2.45, 2.75) is 44.6 Å². The molecule has 1 atom stereocenters. The Kier molecular flexibility index (Phi) is 12.0. The summed E-state index contributed by atoms with van der Waals surface area (Å²) in [4.78, 5) is 22.8. The third-order valence-corrected chi connectivity index (χ3v) is 3.47. The lowest BCUT2D eigenvalue weighted by Crippen LogP contribution is -2.42. The van der Waals surface area contributed by atoms with E-state index in [0.29, 0.717) is 19.4 Å². The van der Waals surface area contributed by atoms with Gasteiger partial charge in [-0.1, -0.05) is 43.2 Å². The molecule has 0 spiro atoms. The van der Waals surface area contributed by atoms with E-state index in [1.807, 2.05) is 30.3 Å². The maximum absolute atomic E-state index is 11.9. The number of nitrogens with two attached hydrogens (primary N) is 1. The van der Waals surface area contributed by atoms with E-state index in [4.69, 9.17) is 5.73 Å². The minimum atomic E-state index is -0.512.